The van der Waals surface area contributed by atoms with Gasteiger partial charge in [-0.25, -0.2) is 13.2 Å². The van der Waals surface area contributed by atoms with E-state index in [9.17, 15) is 18.0 Å². The van der Waals surface area contributed by atoms with Crippen LogP contribution in [0.5, 0.6) is 0 Å². The van der Waals surface area contributed by atoms with Crippen LogP contribution in [0.1, 0.15) is 6.92 Å². The van der Waals surface area contributed by atoms with Crippen LogP contribution in [-0.2, 0) is 19.4 Å². The maximum atomic E-state index is 12.6. The summed E-state index contributed by atoms with van der Waals surface area (Å²) in [6.07, 6.45) is -0.967. The number of hydrogen-bond donors (Lipinski definition) is 1. The number of anilines is 1. The molecular formula is C18H16N2O5S. The van der Waals surface area contributed by atoms with Gasteiger partial charge in [0.15, 0.2) is 0 Å². The summed E-state index contributed by atoms with van der Waals surface area (Å²) in [6.45, 7) is 1.92. The lowest BCUT2D eigenvalue weighted by Gasteiger charge is -2.14. The van der Waals surface area contributed by atoms with E-state index in [-0.39, 0.29) is 28.8 Å². The maximum Gasteiger partial charge on any atom is 0.414 e. The van der Waals surface area contributed by atoms with Crippen molar-refractivity contribution in [3.8, 4) is 11.1 Å². The van der Waals surface area contributed by atoms with Crippen molar-refractivity contribution < 1.29 is 22.7 Å². The largest absolute Gasteiger partial charge is 0.442 e. The molecule has 8 heteroatoms. The fraction of sp³-hybridized carbons (Fsp3) is 0.222. The fourth-order valence-electron chi connectivity index (χ4n) is 3.27. The molecule has 2 amide bonds. The Morgan fingerprint density at radius 1 is 1.19 bits per heavy atom. The van der Waals surface area contributed by atoms with Gasteiger partial charge < -0.3 is 10.1 Å². The molecule has 0 bridgehead atoms. The predicted molar refractivity (Wildman–Crippen MR) is 93.6 cm³/mol. The van der Waals surface area contributed by atoms with Crippen LogP contribution in [0.2, 0.25) is 0 Å². The third kappa shape index (κ3) is 2.53. The van der Waals surface area contributed by atoms with Gasteiger partial charge in [0.25, 0.3) is 0 Å². The molecule has 1 saturated heterocycles. The Bertz CT molecular complexity index is 1030. The van der Waals surface area contributed by atoms with Gasteiger partial charge in [-0.1, -0.05) is 18.2 Å². The first kappa shape index (κ1) is 16.6. The van der Waals surface area contributed by atoms with E-state index in [1.807, 2.05) is 0 Å². The van der Waals surface area contributed by atoms with Gasteiger partial charge in [-0.05, 0) is 24.3 Å². The van der Waals surface area contributed by atoms with Crippen LogP contribution in [-0.4, -0.2) is 39.6 Å². The molecule has 7 nitrogen and oxygen atoms in total. The number of benzene rings is 2. The number of ether oxygens (including phenoxy) is 1. The summed E-state index contributed by atoms with van der Waals surface area (Å²) in [5, 5.41) is 2.62. The first-order chi connectivity index (χ1) is 12.4. The van der Waals surface area contributed by atoms with E-state index < -0.39 is 22.0 Å². The molecule has 1 fully saturated rings. The number of amides is 2. The zero-order valence-corrected chi connectivity index (χ0v) is 14.7. The highest BCUT2D eigenvalue weighted by Crippen LogP contribution is 2.44. The number of sulfone groups is 1. The minimum absolute atomic E-state index is 0.196. The topological polar surface area (TPSA) is 92.8 Å². The molecule has 4 rings (SSSR count). The molecule has 1 atom stereocenters. The van der Waals surface area contributed by atoms with E-state index in [1.54, 1.807) is 36.4 Å². The zero-order chi connectivity index (χ0) is 18.5. The van der Waals surface area contributed by atoms with Gasteiger partial charge in [0.05, 0.1) is 22.9 Å². The van der Waals surface area contributed by atoms with Crippen LogP contribution in [0.15, 0.2) is 52.3 Å². The Kier molecular flexibility index (Phi) is 3.73. The summed E-state index contributed by atoms with van der Waals surface area (Å²) in [5.41, 5.74) is 1.77. The fourth-order valence-corrected chi connectivity index (χ4v) is 4.94. The number of carbonyl (C=O) groups is 2. The quantitative estimate of drug-likeness (QED) is 0.759. The number of nitrogens with one attached hydrogen (secondary N) is 1. The van der Waals surface area contributed by atoms with E-state index in [4.69, 9.17) is 4.74 Å². The number of hydrogen-bond acceptors (Lipinski definition) is 5. The Balaban J connectivity index is 1.68. The number of carbonyl (C=O) groups excluding carboxylic acids is 2. The molecule has 0 spiro atoms. The summed E-state index contributed by atoms with van der Waals surface area (Å²) in [7, 11) is -3.53. The monoisotopic (exact) mass is 372 g/mol. The maximum absolute atomic E-state index is 12.6. The molecule has 0 aromatic heterocycles. The van der Waals surface area contributed by atoms with E-state index in [0.717, 1.165) is 0 Å². The smallest absolute Gasteiger partial charge is 0.414 e. The second-order valence-electron chi connectivity index (χ2n) is 6.23. The number of nitrogens with zero attached hydrogens (tertiary/aromatic N) is 1. The average molecular weight is 372 g/mol. The van der Waals surface area contributed by atoms with Gasteiger partial charge in [-0.15, -0.1) is 0 Å². The Labute approximate surface area is 150 Å². The van der Waals surface area contributed by atoms with Crippen LogP contribution in [0.3, 0.4) is 0 Å². The molecule has 2 heterocycles. The molecule has 134 valence electrons. The van der Waals surface area contributed by atoms with Crippen LogP contribution < -0.4 is 10.2 Å². The summed E-state index contributed by atoms with van der Waals surface area (Å²) >= 11 is 0. The first-order valence-electron chi connectivity index (χ1n) is 8.09. The second kappa shape index (κ2) is 5.84. The Morgan fingerprint density at radius 2 is 1.92 bits per heavy atom. The summed E-state index contributed by atoms with van der Waals surface area (Å²) < 4.78 is 30.5. The van der Waals surface area contributed by atoms with E-state index >= 15 is 0 Å². The normalized spacial score (nSPS) is 19.7. The summed E-state index contributed by atoms with van der Waals surface area (Å²) in [4.78, 5) is 25.2. The minimum atomic E-state index is -3.53. The molecule has 0 aliphatic carbocycles. The molecule has 2 aliphatic rings. The average Bonchev–Trinajstić information content (AvgIpc) is 3.09. The predicted octanol–water partition coefficient (Wildman–Crippen LogP) is 1.96. The van der Waals surface area contributed by atoms with Crippen molar-refractivity contribution in [2.45, 2.75) is 22.8 Å². The molecule has 0 radical (unpaired) electrons. The highest BCUT2D eigenvalue weighted by atomic mass is 32.2. The molecule has 0 unspecified atom stereocenters. The zero-order valence-electron chi connectivity index (χ0n) is 13.9. The molecular weight excluding hydrogens is 356 g/mol. The number of fused-ring (bicyclic) bond motifs is 3. The van der Waals surface area contributed by atoms with Crippen LogP contribution in [0.25, 0.3) is 11.1 Å². The SMILES string of the molecule is CC(=O)NC[C@H]1CN(c2ccc3c(c2)-c2ccccc2S3(=O)=O)C(=O)O1. The van der Waals surface area contributed by atoms with Crippen molar-refractivity contribution in [2.24, 2.45) is 0 Å². The molecule has 2 aliphatic heterocycles. The number of rotatable bonds is 3. The third-order valence-electron chi connectivity index (χ3n) is 4.48. The van der Waals surface area contributed by atoms with E-state index in [0.29, 0.717) is 16.8 Å². The van der Waals surface area contributed by atoms with Crippen molar-refractivity contribution >= 4 is 27.5 Å². The van der Waals surface area contributed by atoms with Crippen molar-refractivity contribution in [2.75, 3.05) is 18.0 Å². The third-order valence-corrected chi connectivity index (χ3v) is 6.35. The van der Waals surface area contributed by atoms with Crippen LogP contribution in [0.4, 0.5) is 10.5 Å². The molecule has 0 saturated carbocycles. The minimum Gasteiger partial charge on any atom is -0.442 e. The van der Waals surface area contributed by atoms with Gasteiger partial charge >= 0.3 is 6.09 Å². The Morgan fingerprint density at radius 3 is 2.69 bits per heavy atom. The molecule has 2 aromatic carbocycles. The highest BCUT2D eigenvalue weighted by molar-refractivity contribution is 7.92. The van der Waals surface area contributed by atoms with Gasteiger partial charge in [0.1, 0.15) is 6.10 Å². The second-order valence-corrected chi connectivity index (χ2v) is 8.12. The van der Waals surface area contributed by atoms with E-state index in [1.165, 1.54) is 17.9 Å². The van der Waals surface area contributed by atoms with Crippen LogP contribution in [0, 0.1) is 0 Å². The lowest BCUT2D eigenvalue weighted by Crippen LogP contribution is -2.33. The summed E-state index contributed by atoms with van der Waals surface area (Å²) in [6, 6.07) is 11.6. The van der Waals surface area contributed by atoms with Crippen molar-refractivity contribution in [1.82, 2.24) is 5.32 Å². The van der Waals surface area contributed by atoms with Gasteiger partial charge in [0.2, 0.25) is 15.7 Å². The molecule has 1 N–H and O–H groups in total. The lowest BCUT2D eigenvalue weighted by atomic mass is 10.1. The first-order valence-corrected chi connectivity index (χ1v) is 9.57. The van der Waals surface area contributed by atoms with Gasteiger partial charge in [-0.3, -0.25) is 9.69 Å². The summed E-state index contributed by atoms with van der Waals surface area (Å²) in [5.74, 6) is -0.196. The standard InChI is InChI=1S/C18H16N2O5S/c1-11(21)19-9-13-10-20(18(22)25-13)12-6-7-17-15(8-12)14-4-2-3-5-16(14)26(17,23)24/h2-8,13H,9-10H2,1H3,(H,19,21)/t13-/m0/s1. The van der Waals surface area contributed by atoms with Crippen molar-refractivity contribution in [3.05, 3.63) is 42.5 Å². The highest BCUT2D eigenvalue weighted by Gasteiger charge is 2.36. The van der Waals surface area contributed by atoms with E-state index in [2.05, 4.69) is 5.32 Å². The van der Waals surface area contributed by atoms with Crippen molar-refractivity contribution in [1.29, 1.82) is 0 Å². The molecule has 26 heavy (non-hydrogen) atoms. The number of cyclic esters (lactones) is 1. The van der Waals surface area contributed by atoms with Crippen molar-refractivity contribution in [3.63, 3.8) is 0 Å². The van der Waals surface area contributed by atoms with Gasteiger partial charge in [-0.2, -0.15) is 0 Å². The lowest BCUT2D eigenvalue weighted by molar-refractivity contribution is -0.119. The molecule has 2 aromatic rings. The Hall–Kier alpha value is -2.87. The van der Waals surface area contributed by atoms with Gasteiger partial charge in [0, 0.05) is 23.7 Å². The van der Waals surface area contributed by atoms with Crippen LogP contribution >= 0.6 is 0 Å².